The predicted molar refractivity (Wildman–Crippen MR) is 283 cm³/mol. The summed E-state index contributed by atoms with van der Waals surface area (Å²) in [4.78, 5) is 26.4. The summed E-state index contributed by atoms with van der Waals surface area (Å²) in [7, 11) is 0. The Kier molecular flexibility index (Phi) is 10.5. The van der Waals surface area contributed by atoms with E-state index in [-0.39, 0.29) is 0 Å². The molecule has 6 heteroatoms. The summed E-state index contributed by atoms with van der Waals surface area (Å²) in [6.45, 7) is 4.25. The van der Waals surface area contributed by atoms with Crippen molar-refractivity contribution in [2.75, 3.05) is 0 Å². The topological polar surface area (TPSA) is 69.4 Å². The zero-order valence-corrected chi connectivity index (χ0v) is 38.1. The highest BCUT2D eigenvalue weighted by Gasteiger charge is 2.23. The van der Waals surface area contributed by atoms with Gasteiger partial charge in [-0.05, 0) is 72.5 Å². The monoisotopic (exact) mass is 884 g/mol. The van der Waals surface area contributed by atoms with Crippen LogP contribution in [0.2, 0.25) is 0 Å². The molecule has 0 amide bonds. The largest absolute Gasteiger partial charge is 0.308 e. The maximum Gasteiger partial charge on any atom is 0.166 e. The van der Waals surface area contributed by atoms with E-state index in [2.05, 4.69) is 152 Å². The summed E-state index contributed by atoms with van der Waals surface area (Å²) >= 11 is 0. The van der Waals surface area contributed by atoms with Crippen molar-refractivity contribution in [3.8, 4) is 96.0 Å². The molecule has 0 radical (unpaired) electrons. The van der Waals surface area contributed by atoms with E-state index in [1.165, 1.54) is 11.1 Å². The van der Waals surface area contributed by atoms with Gasteiger partial charge in [-0.15, -0.1) is 0 Å². The zero-order chi connectivity index (χ0) is 46.3. The molecule has 0 aliphatic rings. The average molecular weight is 885 g/mol. The van der Waals surface area contributed by atoms with Gasteiger partial charge in [0.1, 0.15) is 0 Å². The fraction of sp³-hybridized carbons (Fsp3) is 0.0317. The van der Waals surface area contributed by atoms with Gasteiger partial charge in [-0.1, -0.05) is 205 Å². The van der Waals surface area contributed by atoms with Gasteiger partial charge in [0, 0.05) is 44.2 Å². The smallest absolute Gasteiger partial charge is 0.166 e. The van der Waals surface area contributed by atoms with Gasteiger partial charge < -0.3 is 4.57 Å². The third-order valence-electron chi connectivity index (χ3n) is 12.8. The summed E-state index contributed by atoms with van der Waals surface area (Å²) < 4.78 is 2.39. The quantitative estimate of drug-likeness (QED) is 0.144. The first-order valence-electron chi connectivity index (χ1n) is 23.2. The zero-order valence-electron chi connectivity index (χ0n) is 38.1. The molecule has 0 saturated heterocycles. The average Bonchev–Trinajstić information content (AvgIpc) is 3.74. The van der Waals surface area contributed by atoms with Crippen molar-refractivity contribution in [2.24, 2.45) is 0 Å². The third-order valence-corrected chi connectivity index (χ3v) is 12.8. The molecule has 0 aliphatic carbocycles. The third kappa shape index (κ3) is 8.04. The molecular weight excluding hydrogens is 841 g/mol. The molecule has 69 heavy (non-hydrogen) atoms. The molecule has 0 bridgehead atoms. The number of rotatable bonds is 9. The summed E-state index contributed by atoms with van der Waals surface area (Å²) in [6.07, 6.45) is 0. The van der Waals surface area contributed by atoms with Crippen molar-refractivity contribution in [2.45, 2.75) is 13.8 Å². The van der Waals surface area contributed by atoms with Crippen molar-refractivity contribution in [3.05, 3.63) is 242 Å². The minimum Gasteiger partial charge on any atom is -0.308 e. The fourth-order valence-electron chi connectivity index (χ4n) is 9.20. The van der Waals surface area contributed by atoms with Crippen molar-refractivity contribution in [1.82, 2.24) is 29.5 Å². The Balaban J connectivity index is 1.17. The SMILES string of the molecule is Cc1ccc(-c2ccc3c4ccc(-c5ccc(C)cc5)cc4n(-c4ccc(-c5nc(-c6ccccc6)cc(-c6ccccc6)n5)cc4-c4nc(-c5ccccc5)nc(-c5ccccc5)n4)c3c2)cc1. The van der Waals surface area contributed by atoms with Crippen LogP contribution < -0.4 is 0 Å². The van der Waals surface area contributed by atoms with Crippen molar-refractivity contribution >= 4 is 21.8 Å². The Morgan fingerprint density at radius 3 is 1.10 bits per heavy atom. The van der Waals surface area contributed by atoms with Crippen molar-refractivity contribution in [1.29, 1.82) is 0 Å². The van der Waals surface area contributed by atoms with E-state index in [9.17, 15) is 0 Å². The minimum atomic E-state index is 0.529. The Bertz CT molecular complexity index is 3590. The molecule has 0 unspecified atom stereocenters. The van der Waals surface area contributed by atoms with Crippen LogP contribution in [0.5, 0.6) is 0 Å². The standard InChI is InChI=1S/C63H44N6/c1-41-23-27-43(28-24-41)49-31-34-52-53-35-32-50(44-29-25-42(2)26-30-44)39-59(53)69(58(52)38-49)57-36-33-51(62-64-55(45-15-7-3-8-16-45)40-56(65-62)46-17-9-4-10-18-46)37-54(57)63-67-60(47-19-11-5-12-20-47)66-61(68-63)48-21-13-6-14-22-48/h3-40H,1-2H3. The molecule has 3 heterocycles. The van der Waals surface area contributed by atoms with Gasteiger partial charge in [0.05, 0.1) is 28.1 Å². The van der Waals surface area contributed by atoms with E-state index in [0.717, 1.165) is 94.5 Å². The van der Waals surface area contributed by atoms with Crippen molar-refractivity contribution in [3.63, 3.8) is 0 Å². The summed E-state index contributed by atoms with van der Waals surface area (Å²) in [5.74, 6) is 2.28. The maximum atomic E-state index is 5.37. The van der Waals surface area contributed by atoms with Crippen LogP contribution in [0.1, 0.15) is 11.1 Å². The van der Waals surface area contributed by atoms with Crippen molar-refractivity contribution < 1.29 is 0 Å². The fourth-order valence-corrected chi connectivity index (χ4v) is 9.20. The van der Waals surface area contributed by atoms with Crippen LogP contribution in [-0.2, 0) is 0 Å². The highest BCUT2D eigenvalue weighted by molar-refractivity contribution is 6.11. The van der Waals surface area contributed by atoms with Gasteiger partial charge in [-0.2, -0.15) is 0 Å². The molecule has 0 spiro atoms. The molecule has 6 nitrogen and oxygen atoms in total. The van der Waals surface area contributed by atoms with E-state index in [1.807, 2.05) is 97.1 Å². The van der Waals surface area contributed by atoms with E-state index >= 15 is 0 Å². The second-order valence-electron chi connectivity index (χ2n) is 17.5. The van der Waals surface area contributed by atoms with E-state index < -0.39 is 0 Å². The van der Waals surface area contributed by atoms with Crippen LogP contribution in [0, 0.1) is 13.8 Å². The lowest BCUT2D eigenvalue weighted by molar-refractivity contribution is 1.06. The van der Waals surface area contributed by atoms with E-state index in [0.29, 0.717) is 23.3 Å². The van der Waals surface area contributed by atoms with Crippen LogP contribution in [0.25, 0.3) is 118 Å². The van der Waals surface area contributed by atoms with Crippen LogP contribution in [0.4, 0.5) is 0 Å². The lowest BCUT2D eigenvalue weighted by Crippen LogP contribution is -2.04. The van der Waals surface area contributed by atoms with Crippen LogP contribution >= 0.6 is 0 Å². The highest BCUT2D eigenvalue weighted by atomic mass is 15.1. The molecular formula is C63H44N6. The Morgan fingerprint density at radius 1 is 0.275 bits per heavy atom. The Morgan fingerprint density at radius 2 is 0.652 bits per heavy atom. The van der Waals surface area contributed by atoms with Gasteiger partial charge in [0.2, 0.25) is 0 Å². The summed E-state index contributed by atoms with van der Waals surface area (Å²) in [6, 6.07) is 80.6. The Labute approximate surface area is 401 Å². The molecule has 0 aliphatic heterocycles. The number of fused-ring (bicyclic) bond motifs is 3. The lowest BCUT2D eigenvalue weighted by Gasteiger charge is -2.17. The number of nitrogens with zero attached hydrogens (tertiary/aromatic N) is 6. The van der Waals surface area contributed by atoms with Crippen LogP contribution in [0.3, 0.4) is 0 Å². The molecule has 0 N–H and O–H groups in total. The first-order chi connectivity index (χ1) is 34.0. The number of benzene rings is 9. The van der Waals surface area contributed by atoms with E-state index in [1.54, 1.807) is 0 Å². The highest BCUT2D eigenvalue weighted by Crippen LogP contribution is 2.41. The molecule has 12 aromatic rings. The van der Waals surface area contributed by atoms with Gasteiger partial charge in [-0.3, -0.25) is 0 Å². The minimum absolute atomic E-state index is 0.529. The molecule has 9 aromatic carbocycles. The Hall–Kier alpha value is -9.13. The first kappa shape index (κ1) is 41.3. The second-order valence-corrected chi connectivity index (χ2v) is 17.5. The van der Waals surface area contributed by atoms with Crippen LogP contribution in [-0.4, -0.2) is 29.5 Å². The van der Waals surface area contributed by atoms with Crippen LogP contribution in [0.15, 0.2) is 231 Å². The molecule has 0 fully saturated rings. The van der Waals surface area contributed by atoms with Gasteiger partial charge in [-0.25, -0.2) is 24.9 Å². The first-order valence-corrected chi connectivity index (χ1v) is 23.2. The molecule has 326 valence electrons. The molecule has 0 atom stereocenters. The lowest BCUT2D eigenvalue weighted by atomic mass is 10.0. The van der Waals surface area contributed by atoms with Gasteiger partial charge in [0.25, 0.3) is 0 Å². The predicted octanol–water partition coefficient (Wildman–Crippen LogP) is 15.7. The number of hydrogen-bond acceptors (Lipinski definition) is 5. The van der Waals surface area contributed by atoms with Gasteiger partial charge >= 0.3 is 0 Å². The van der Waals surface area contributed by atoms with E-state index in [4.69, 9.17) is 24.9 Å². The number of aromatic nitrogens is 6. The number of aryl methyl sites for hydroxylation is 2. The number of hydrogen-bond donors (Lipinski definition) is 0. The maximum absolute atomic E-state index is 5.37. The molecule has 12 rings (SSSR count). The summed E-state index contributed by atoms with van der Waals surface area (Å²) in [5.41, 5.74) is 17.1. The summed E-state index contributed by atoms with van der Waals surface area (Å²) in [5, 5.41) is 2.28. The normalized spacial score (nSPS) is 11.3. The van der Waals surface area contributed by atoms with Gasteiger partial charge in [0.15, 0.2) is 23.3 Å². The molecule has 3 aromatic heterocycles. The second kappa shape index (κ2) is 17.6. The molecule has 0 saturated carbocycles.